The highest BCUT2D eigenvalue weighted by Gasteiger charge is 2.30. The Balaban J connectivity index is 1.65. The van der Waals surface area contributed by atoms with Crippen molar-refractivity contribution in [2.45, 2.75) is 18.6 Å². The molecule has 1 aromatic heterocycles. The molecule has 1 amide bonds. The Morgan fingerprint density at radius 3 is 3.00 bits per heavy atom. The Morgan fingerprint density at radius 1 is 1.44 bits per heavy atom. The number of halogens is 3. The van der Waals surface area contributed by atoms with Crippen molar-refractivity contribution in [1.82, 2.24) is 15.1 Å². The fourth-order valence-electron chi connectivity index (χ4n) is 2.54. The van der Waals surface area contributed by atoms with Gasteiger partial charge in [0.15, 0.2) is 0 Å². The van der Waals surface area contributed by atoms with Crippen molar-refractivity contribution in [3.63, 3.8) is 0 Å². The lowest BCUT2D eigenvalue weighted by Gasteiger charge is -2.22. The van der Waals surface area contributed by atoms with E-state index in [1.165, 1.54) is 29.2 Å². The van der Waals surface area contributed by atoms with E-state index in [0.717, 1.165) is 30.2 Å². The van der Waals surface area contributed by atoms with E-state index in [1.54, 1.807) is 11.8 Å². The Hall–Kier alpha value is -2.00. The molecule has 3 rings (SSSR count). The molecular weight excluding hydrogens is 353 g/mol. The zero-order valence-corrected chi connectivity index (χ0v) is 14.0. The first-order chi connectivity index (χ1) is 11.9. The lowest BCUT2D eigenvalue weighted by atomic mass is 10.2. The van der Waals surface area contributed by atoms with Crippen LogP contribution in [-0.2, 0) is 11.0 Å². The van der Waals surface area contributed by atoms with Crippen molar-refractivity contribution in [3.05, 3.63) is 42.2 Å². The summed E-state index contributed by atoms with van der Waals surface area (Å²) >= 11 is 1.81. The number of nitrogens with one attached hydrogen (secondary N) is 2. The summed E-state index contributed by atoms with van der Waals surface area (Å²) in [6, 6.07) is 5.01. The number of anilines is 1. The van der Waals surface area contributed by atoms with E-state index in [9.17, 15) is 18.0 Å². The molecule has 5 nitrogen and oxygen atoms in total. The quantitative estimate of drug-likeness (QED) is 0.869. The fourth-order valence-corrected chi connectivity index (χ4v) is 3.49. The van der Waals surface area contributed by atoms with Crippen molar-refractivity contribution in [2.24, 2.45) is 0 Å². The van der Waals surface area contributed by atoms with Crippen LogP contribution in [0.15, 0.2) is 36.7 Å². The second kappa shape index (κ2) is 7.49. The average molecular weight is 370 g/mol. The summed E-state index contributed by atoms with van der Waals surface area (Å²) in [6.45, 7) is 0.885. The van der Waals surface area contributed by atoms with Gasteiger partial charge in [-0.25, -0.2) is 4.68 Å². The van der Waals surface area contributed by atoms with Crippen LogP contribution in [0.5, 0.6) is 0 Å². The molecule has 9 heteroatoms. The third-order valence-electron chi connectivity index (χ3n) is 3.73. The maximum Gasteiger partial charge on any atom is 0.416 e. The molecule has 1 unspecified atom stereocenters. The normalized spacial score (nSPS) is 18.1. The van der Waals surface area contributed by atoms with Gasteiger partial charge in [0.2, 0.25) is 5.91 Å². The molecule has 0 radical (unpaired) electrons. The molecule has 0 bridgehead atoms. The van der Waals surface area contributed by atoms with Crippen LogP contribution in [0.3, 0.4) is 0 Å². The van der Waals surface area contributed by atoms with Crippen molar-refractivity contribution < 1.29 is 18.0 Å². The van der Waals surface area contributed by atoms with Gasteiger partial charge in [-0.2, -0.15) is 30.0 Å². The van der Waals surface area contributed by atoms with E-state index < -0.39 is 11.7 Å². The van der Waals surface area contributed by atoms with Crippen LogP contribution < -0.4 is 10.6 Å². The molecular formula is C16H17F3N4OS. The average Bonchev–Trinajstić information content (AvgIpc) is 3.03. The van der Waals surface area contributed by atoms with Crippen molar-refractivity contribution in [2.75, 3.05) is 23.4 Å². The minimum absolute atomic E-state index is 0.136. The molecule has 2 aromatic rings. The monoisotopic (exact) mass is 370 g/mol. The number of aromatic nitrogens is 2. The molecule has 1 saturated heterocycles. The maximum atomic E-state index is 12.8. The number of nitrogens with zero attached hydrogens (tertiary/aromatic N) is 2. The summed E-state index contributed by atoms with van der Waals surface area (Å²) < 4.78 is 39.7. The minimum Gasteiger partial charge on any atom is -0.323 e. The topological polar surface area (TPSA) is 59.0 Å². The molecule has 1 fully saturated rings. The van der Waals surface area contributed by atoms with E-state index in [-0.39, 0.29) is 17.6 Å². The van der Waals surface area contributed by atoms with E-state index >= 15 is 0 Å². The number of alkyl halides is 3. The van der Waals surface area contributed by atoms with Crippen LogP contribution in [0.25, 0.3) is 5.69 Å². The van der Waals surface area contributed by atoms with Gasteiger partial charge in [-0.05, 0) is 18.2 Å². The minimum atomic E-state index is -4.41. The highest BCUT2D eigenvalue weighted by Crippen LogP contribution is 2.30. The molecule has 1 aliphatic heterocycles. The van der Waals surface area contributed by atoms with Gasteiger partial charge >= 0.3 is 6.18 Å². The van der Waals surface area contributed by atoms with Gasteiger partial charge in [0.25, 0.3) is 0 Å². The second-order valence-electron chi connectivity index (χ2n) is 5.70. The fraction of sp³-hybridized carbons (Fsp3) is 0.375. The van der Waals surface area contributed by atoms with Gasteiger partial charge < -0.3 is 10.6 Å². The van der Waals surface area contributed by atoms with Gasteiger partial charge in [-0.1, -0.05) is 6.07 Å². The number of amides is 1. The summed E-state index contributed by atoms with van der Waals surface area (Å²) in [7, 11) is 0. The second-order valence-corrected chi connectivity index (χ2v) is 6.85. The van der Waals surface area contributed by atoms with E-state index in [1.807, 2.05) is 0 Å². The predicted molar refractivity (Wildman–Crippen MR) is 90.9 cm³/mol. The molecule has 1 aromatic carbocycles. The number of benzene rings is 1. The Labute approximate surface area is 147 Å². The van der Waals surface area contributed by atoms with Crippen LogP contribution in [0.2, 0.25) is 0 Å². The van der Waals surface area contributed by atoms with Gasteiger partial charge in [-0.15, -0.1) is 0 Å². The van der Waals surface area contributed by atoms with Gasteiger partial charge in [0, 0.05) is 30.5 Å². The third-order valence-corrected chi connectivity index (χ3v) is 4.87. The standard InChI is InChI=1S/C16H17F3N4OS/c17-16(18,19)11-2-1-3-14(6-11)23-9-13(8-21-23)22-15(24)7-12-10-25-5-4-20-12/h1-3,6,8-9,12,20H,4-5,7,10H2,(H,22,24). The predicted octanol–water partition coefficient (Wildman–Crippen LogP) is 2.92. The molecule has 134 valence electrons. The van der Waals surface area contributed by atoms with Crippen LogP contribution >= 0.6 is 11.8 Å². The number of hydrogen-bond donors (Lipinski definition) is 2. The molecule has 0 aliphatic carbocycles. The zero-order chi connectivity index (χ0) is 17.9. The number of thioether (sulfide) groups is 1. The Morgan fingerprint density at radius 2 is 2.28 bits per heavy atom. The number of hydrogen-bond acceptors (Lipinski definition) is 4. The van der Waals surface area contributed by atoms with Crippen LogP contribution in [0.1, 0.15) is 12.0 Å². The summed E-state index contributed by atoms with van der Waals surface area (Å²) in [5.41, 5.74) is -0.0153. The lowest BCUT2D eigenvalue weighted by Crippen LogP contribution is -2.39. The van der Waals surface area contributed by atoms with Crippen LogP contribution in [-0.4, -0.2) is 39.8 Å². The molecule has 2 N–H and O–H groups in total. The van der Waals surface area contributed by atoms with E-state index in [2.05, 4.69) is 15.7 Å². The zero-order valence-electron chi connectivity index (χ0n) is 13.2. The van der Waals surface area contributed by atoms with Crippen molar-refractivity contribution in [3.8, 4) is 5.69 Å². The van der Waals surface area contributed by atoms with Gasteiger partial charge in [0.1, 0.15) is 0 Å². The number of carbonyl (C=O) groups excluding carboxylic acids is 1. The molecule has 1 aliphatic rings. The highest BCUT2D eigenvalue weighted by molar-refractivity contribution is 7.99. The molecule has 1 atom stereocenters. The lowest BCUT2D eigenvalue weighted by molar-refractivity contribution is -0.137. The SMILES string of the molecule is O=C(CC1CSCCN1)Nc1cnn(-c2cccc(C(F)(F)F)c2)c1. The summed E-state index contributed by atoms with van der Waals surface area (Å²) in [4.78, 5) is 12.1. The summed E-state index contributed by atoms with van der Waals surface area (Å²) in [6.07, 6.45) is -1.15. The molecule has 25 heavy (non-hydrogen) atoms. The van der Waals surface area contributed by atoms with Crippen molar-refractivity contribution >= 4 is 23.4 Å². The first-order valence-electron chi connectivity index (χ1n) is 7.75. The third kappa shape index (κ3) is 4.76. The van der Waals surface area contributed by atoms with Crippen LogP contribution in [0.4, 0.5) is 18.9 Å². The summed E-state index contributed by atoms with van der Waals surface area (Å²) in [5.74, 6) is 1.78. The molecule has 2 heterocycles. The smallest absolute Gasteiger partial charge is 0.323 e. The molecule has 0 spiro atoms. The van der Waals surface area contributed by atoms with Gasteiger partial charge in [0.05, 0.1) is 29.3 Å². The highest BCUT2D eigenvalue weighted by atomic mass is 32.2. The van der Waals surface area contributed by atoms with E-state index in [4.69, 9.17) is 0 Å². The number of rotatable bonds is 4. The van der Waals surface area contributed by atoms with Crippen molar-refractivity contribution in [1.29, 1.82) is 0 Å². The Kier molecular flexibility index (Phi) is 5.33. The first kappa shape index (κ1) is 17.8. The van der Waals surface area contributed by atoms with E-state index in [0.29, 0.717) is 12.1 Å². The largest absolute Gasteiger partial charge is 0.416 e. The molecule has 0 saturated carbocycles. The maximum absolute atomic E-state index is 12.8. The van der Waals surface area contributed by atoms with Gasteiger partial charge in [-0.3, -0.25) is 4.79 Å². The first-order valence-corrected chi connectivity index (χ1v) is 8.90. The summed E-state index contributed by atoms with van der Waals surface area (Å²) in [5, 5.41) is 10.0. The Bertz CT molecular complexity index is 741. The van der Waals surface area contributed by atoms with Crippen LogP contribution in [0, 0.1) is 0 Å². The number of carbonyl (C=O) groups is 1.